The maximum absolute atomic E-state index is 13.8. The topological polar surface area (TPSA) is 89.0 Å². The Balaban J connectivity index is 2.10. The summed E-state index contributed by atoms with van der Waals surface area (Å²) < 4.78 is 25.4. The van der Waals surface area contributed by atoms with E-state index in [0.717, 1.165) is 0 Å². The highest BCUT2D eigenvalue weighted by atomic mass is 79.9. The summed E-state index contributed by atoms with van der Waals surface area (Å²) in [5, 5.41) is 6.53. The Morgan fingerprint density at radius 1 is 1.26 bits per heavy atom. The van der Waals surface area contributed by atoms with Gasteiger partial charge in [-0.25, -0.2) is 9.82 Å². The van der Waals surface area contributed by atoms with E-state index in [9.17, 15) is 14.0 Å². The second kappa shape index (κ2) is 11.5. The van der Waals surface area contributed by atoms with Crippen molar-refractivity contribution in [3.8, 4) is 11.5 Å². The molecule has 166 valence electrons. The van der Waals surface area contributed by atoms with Gasteiger partial charge in [-0.05, 0) is 58.6 Å². The number of ether oxygens (including phenoxy) is 2. The second-order valence-corrected chi connectivity index (χ2v) is 7.73. The van der Waals surface area contributed by atoms with Crippen molar-refractivity contribution < 1.29 is 23.5 Å². The minimum Gasteiger partial charge on any atom is -0.493 e. The van der Waals surface area contributed by atoms with Gasteiger partial charge in [0.25, 0.3) is 11.8 Å². The van der Waals surface area contributed by atoms with Crippen LogP contribution in [0.3, 0.4) is 0 Å². The summed E-state index contributed by atoms with van der Waals surface area (Å²) in [5.41, 5.74) is 2.94. The molecule has 0 aliphatic carbocycles. The predicted octanol–water partition coefficient (Wildman–Crippen LogP) is 3.90. The molecule has 0 aromatic heterocycles. The molecular formula is C22H25BrFN3O4. The van der Waals surface area contributed by atoms with Crippen LogP contribution in [-0.4, -0.2) is 37.8 Å². The Hall–Kier alpha value is -2.94. The third kappa shape index (κ3) is 6.52. The summed E-state index contributed by atoms with van der Waals surface area (Å²) in [5.74, 6) is -1.01. The second-order valence-electron chi connectivity index (χ2n) is 6.88. The maximum atomic E-state index is 13.8. The number of halogens is 2. The summed E-state index contributed by atoms with van der Waals surface area (Å²) in [6, 6.07) is 8.17. The molecule has 2 rings (SSSR count). The van der Waals surface area contributed by atoms with E-state index in [1.165, 1.54) is 31.5 Å². The standard InChI is InChI=1S/C22H25BrFN3O4/c1-5-31-20-16(23)10-14(11-18(20)30-4)12-25-27-22(29)19(13(2)3)26-21(28)15-8-6-7-9-17(15)24/h6-13,19H,5H2,1-4H3,(H,26,28)(H,27,29). The van der Waals surface area contributed by atoms with Gasteiger partial charge in [0.1, 0.15) is 11.9 Å². The molecule has 0 fully saturated rings. The van der Waals surface area contributed by atoms with Crippen LogP contribution in [0.4, 0.5) is 4.39 Å². The molecule has 0 aliphatic heterocycles. The molecule has 1 unspecified atom stereocenters. The molecule has 2 aromatic rings. The fourth-order valence-electron chi connectivity index (χ4n) is 2.74. The van der Waals surface area contributed by atoms with Crippen molar-refractivity contribution in [2.75, 3.05) is 13.7 Å². The van der Waals surface area contributed by atoms with Crippen LogP contribution in [0.25, 0.3) is 0 Å². The van der Waals surface area contributed by atoms with Crippen molar-refractivity contribution in [1.29, 1.82) is 0 Å². The lowest BCUT2D eigenvalue weighted by molar-refractivity contribution is -0.123. The molecule has 0 bridgehead atoms. The third-order valence-corrected chi connectivity index (χ3v) is 4.87. The number of rotatable bonds is 9. The van der Waals surface area contributed by atoms with Crippen LogP contribution in [0, 0.1) is 11.7 Å². The van der Waals surface area contributed by atoms with Gasteiger partial charge in [0.15, 0.2) is 11.5 Å². The summed E-state index contributed by atoms with van der Waals surface area (Å²) in [7, 11) is 1.53. The van der Waals surface area contributed by atoms with E-state index >= 15 is 0 Å². The van der Waals surface area contributed by atoms with E-state index in [2.05, 4.69) is 31.8 Å². The summed E-state index contributed by atoms with van der Waals surface area (Å²) >= 11 is 3.43. The van der Waals surface area contributed by atoms with Crippen LogP contribution in [0.15, 0.2) is 46.0 Å². The minimum absolute atomic E-state index is 0.129. The number of hydrogen-bond acceptors (Lipinski definition) is 5. The molecule has 0 radical (unpaired) electrons. The van der Waals surface area contributed by atoms with E-state index < -0.39 is 23.7 Å². The normalized spacial score (nSPS) is 12.0. The lowest BCUT2D eigenvalue weighted by Gasteiger charge is -2.20. The maximum Gasteiger partial charge on any atom is 0.262 e. The average Bonchev–Trinajstić information content (AvgIpc) is 2.73. The van der Waals surface area contributed by atoms with E-state index in [4.69, 9.17) is 9.47 Å². The highest BCUT2D eigenvalue weighted by Gasteiger charge is 2.25. The lowest BCUT2D eigenvalue weighted by atomic mass is 10.0. The van der Waals surface area contributed by atoms with Gasteiger partial charge in [-0.3, -0.25) is 9.59 Å². The van der Waals surface area contributed by atoms with Crippen molar-refractivity contribution in [3.05, 3.63) is 57.8 Å². The first kappa shape index (κ1) is 24.3. The first-order valence-electron chi connectivity index (χ1n) is 9.67. The summed E-state index contributed by atoms with van der Waals surface area (Å²) in [6.45, 7) is 5.88. The van der Waals surface area contributed by atoms with Gasteiger partial charge in [-0.1, -0.05) is 26.0 Å². The number of carbonyl (C=O) groups is 2. The van der Waals surface area contributed by atoms with Gasteiger partial charge in [0, 0.05) is 0 Å². The van der Waals surface area contributed by atoms with Crippen molar-refractivity contribution in [1.82, 2.24) is 10.7 Å². The first-order chi connectivity index (χ1) is 14.8. The molecule has 0 spiro atoms. The number of carbonyl (C=O) groups excluding carboxylic acids is 2. The minimum atomic E-state index is -0.897. The molecule has 2 amide bonds. The first-order valence-corrected chi connectivity index (χ1v) is 10.5. The third-order valence-electron chi connectivity index (χ3n) is 4.28. The van der Waals surface area contributed by atoms with Crippen molar-refractivity contribution in [2.45, 2.75) is 26.8 Å². The molecule has 0 aliphatic rings. The van der Waals surface area contributed by atoms with Gasteiger partial charge in [-0.2, -0.15) is 5.10 Å². The highest BCUT2D eigenvalue weighted by Crippen LogP contribution is 2.36. The zero-order chi connectivity index (χ0) is 23.0. The zero-order valence-electron chi connectivity index (χ0n) is 17.7. The van der Waals surface area contributed by atoms with Gasteiger partial charge in [0.05, 0.1) is 30.0 Å². The van der Waals surface area contributed by atoms with Crippen molar-refractivity contribution in [2.24, 2.45) is 11.0 Å². The average molecular weight is 494 g/mol. The molecule has 7 nitrogen and oxygen atoms in total. The van der Waals surface area contributed by atoms with Crippen LogP contribution < -0.4 is 20.2 Å². The van der Waals surface area contributed by atoms with Gasteiger partial charge in [-0.15, -0.1) is 0 Å². The van der Waals surface area contributed by atoms with Crippen LogP contribution in [0.2, 0.25) is 0 Å². The number of hydrogen-bond donors (Lipinski definition) is 2. The zero-order valence-corrected chi connectivity index (χ0v) is 19.3. The van der Waals surface area contributed by atoms with Crippen molar-refractivity contribution in [3.63, 3.8) is 0 Å². The molecule has 9 heteroatoms. The molecule has 0 saturated heterocycles. The van der Waals surface area contributed by atoms with Crippen molar-refractivity contribution >= 4 is 34.0 Å². The van der Waals surface area contributed by atoms with Gasteiger partial charge >= 0.3 is 0 Å². The van der Waals surface area contributed by atoms with E-state index in [1.807, 2.05) is 6.92 Å². The van der Waals surface area contributed by atoms with E-state index in [-0.39, 0.29) is 11.5 Å². The molecule has 1 atom stereocenters. The van der Waals surface area contributed by atoms with E-state index in [1.54, 1.807) is 32.0 Å². The predicted molar refractivity (Wildman–Crippen MR) is 120 cm³/mol. The number of amides is 2. The Bertz CT molecular complexity index is 966. The molecule has 0 heterocycles. The number of nitrogens with one attached hydrogen (secondary N) is 2. The van der Waals surface area contributed by atoms with Crippen LogP contribution >= 0.6 is 15.9 Å². The summed E-state index contributed by atoms with van der Waals surface area (Å²) in [6.07, 6.45) is 1.44. The van der Waals surface area contributed by atoms with Crippen LogP contribution in [0.1, 0.15) is 36.7 Å². The quantitative estimate of drug-likeness (QED) is 0.409. The Morgan fingerprint density at radius 2 is 1.97 bits per heavy atom. The number of nitrogens with zero attached hydrogens (tertiary/aromatic N) is 1. The molecule has 2 N–H and O–H groups in total. The number of hydrazone groups is 1. The Labute approximate surface area is 189 Å². The van der Waals surface area contributed by atoms with Crippen LogP contribution in [0.5, 0.6) is 11.5 Å². The monoisotopic (exact) mass is 493 g/mol. The van der Waals surface area contributed by atoms with Gasteiger partial charge in [0.2, 0.25) is 0 Å². The highest BCUT2D eigenvalue weighted by molar-refractivity contribution is 9.10. The molecule has 2 aromatic carbocycles. The molecule has 0 saturated carbocycles. The fourth-order valence-corrected chi connectivity index (χ4v) is 3.31. The number of methoxy groups -OCH3 is 1. The summed E-state index contributed by atoms with van der Waals surface area (Å²) in [4.78, 5) is 24.9. The van der Waals surface area contributed by atoms with Gasteiger partial charge < -0.3 is 14.8 Å². The Morgan fingerprint density at radius 3 is 2.58 bits per heavy atom. The van der Waals surface area contributed by atoms with Crippen LogP contribution in [-0.2, 0) is 4.79 Å². The SMILES string of the molecule is CCOc1c(Br)cc(C=NNC(=O)C(NC(=O)c2ccccc2F)C(C)C)cc1OC. The Kier molecular flexibility index (Phi) is 8.99. The molecule has 31 heavy (non-hydrogen) atoms. The number of benzene rings is 2. The fraction of sp³-hybridized carbons (Fsp3) is 0.318. The smallest absolute Gasteiger partial charge is 0.262 e. The molecular weight excluding hydrogens is 469 g/mol. The van der Waals surface area contributed by atoms with E-state index in [0.29, 0.717) is 28.1 Å². The largest absolute Gasteiger partial charge is 0.493 e. The lowest BCUT2D eigenvalue weighted by Crippen LogP contribution is -2.48.